The van der Waals surface area contributed by atoms with Crippen molar-refractivity contribution < 1.29 is 42.2 Å². The first-order valence-electron chi connectivity index (χ1n) is 22.9. The number of benzene rings is 3. The average Bonchev–Trinajstić information content (AvgIpc) is 3.20. The molecule has 0 radical (unpaired) electrons. The zero-order chi connectivity index (χ0) is 49.0. The first kappa shape index (κ1) is 55.8. The van der Waals surface area contributed by atoms with Crippen LogP contribution >= 0.6 is 11.8 Å². The molecule has 9 nitrogen and oxygen atoms in total. The molecule has 0 bridgehead atoms. The van der Waals surface area contributed by atoms with E-state index in [1.165, 1.54) is 25.8 Å². The highest BCUT2D eigenvalue weighted by atomic mass is 32.2. The van der Waals surface area contributed by atoms with E-state index in [9.17, 15) is 14.4 Å². The third kappa shape index (κ3) is 16.3. The number of methoxy groups -OCH3 is 2. The Bertz CT molecular complexity index is 1940. The van der Waals surface area contributed by atoms with Gasteiger partial charge in [-0.25, -0.2) is 0 Å². The van der Waals surface area contributed by atoms with Crippen LogP contribution in [0.25, 0.3) is 0 Å². The molecule has 4 atom stereocenters. The van der Waals surface area contributed by atoms with Crippen molar-refractivity contribution in [2.45, 2.75) is 174 Å². The number of ether oxygens (including phenoxy) is 4. The molecule has 3 aromatic rings. The van der Waals surface area contributed by atoms with Crippen LogP contribution in [0.15, 0.2) is 97.1 Å². The zero-order valence-corrected chi connectivity index (χ0v) is 45.2. The van der Waals surface area contributed by atoms with Gasteiger partial charge in [0.2, 0.25) is 0 Å². The number of thioether (sulfide) groups is 1. The summed E-state index contributed by atoms with van der Waals surface area (Å²) < 4.78 is 38.1. The third-order valence-electron chi connectivity index (χ3n) is 12.6. The van der Waals surface area contributed by atoms with Gasteiger partial charge in [0.25, 0.3) is 8.32 Å². The van der Waals surface area contributed by atoms with Crippen LogP contribution < -0.4 is 15.1 Å². The molecular formula is C53H80O9SSi2. The molecule has 360 valence electrons. The highest BCUT2D eigenvalue weighted by molar-refractivity contribution is 8.14. The molecule has 0 unspecified atom stereocenters. The van der Waals surface area contributed by atoms with E-state index in [1.807, 2.05) is 71.0 Å². The molecule has 0 amide bonds. The van der Waals surface area contributed by atoms with Gasteiger partial charge in [-0.3, -0.25) is 14.4 Å². The zero-order valence-electron chi connectivity index (χ0n) is 42.4. The van der Waals surface area contributed by atoms with Crippen LogP contribution in [-0.4, -0.2) is 77.1 Å². The Hall–Kier alpha value is -3.53. The predicted octanol–water partition coefficient (Wildman–Crippen LogP) is 11.6. The van der Waals surface area contributed by atoms with Gasteiger partial charge in [-0.05, 0) is 64.1 Å². The number of hydrogen-bond donors (Lipinski definition) is 0. The number of carbonyl (C=O) groups is 3. The summed E-state index contributed by atoms with van der Waals surface area (Å²) in [4.78, 5) is 40.1. The number of hydrogen-bond acceptors (Lipinski definition) is 10. The molecular weight excluding hydrogens is 869 g/mol. The van der Waals surface area contributed by atoms with Gasteiger partial charge in [-0.15, -0.1) is 0 Å². The number of carbonyl (C=O) groups excluding carboxylic acids is 3. The summed E-state index contributed by atoms with van der Waals surface area (Å²) in [5.41, 5.74) is 0.882. The Morgan fingerprint density at radius 3 is 1.65 bits per heavy atom. The maximum atomic E-state index is 14.2. The van der Waals surface area contributed by atoms with Crippen molar-refractivity contribution in [3.8, 4) is 5.75 Å². The second-order valence-corrected chi connectivity index (χ2v) is 32.2. The minimum atomic E-state index is -3.17. The summed E-state index contributed by atoms with van der Waals surface area (Å²) in [7, 11) is -2.49. The van der Waals surface area contributed by atoms with Crippen molar-refractivity contribution in [1.29, 1.82) is 0 Å². The molecule has 3 rings (SSSR count). The van der Waals surface area contributed by atoms with Crippen molar-refractivity contribution >= 4 is 55.8 Å². The average molecular weight is 949 g/mol. The standard InChI is InChI=1S/C53H80O9SSi2/c1-38(32-43(35-48(55)58-15)61-64(16,17)51(6,7)8)53(12,13)47(60-39(2)54)34-42(59-37-40-28-30-41(57-14)31-29-40)33-44(36-49(56)63-50(3,4)5)62-65(52(9,10)11,45-24-20-18-21-25-45)46-26-22-19-23-27-46/h18-31,42-44,47H,1,32-37H2,2-17H3/t42-,43-,44-,47+/m1/s1. The van der Waals surface area contributed by atoms with Crippen LogP contribution in [-0.2, 0) is 44.1 Å². The molecule has 0 N–H and O–H groups in total. The van der Waals surface area contributed by atoms with E-state index in [4.69, 9.17) is 27.8 Å². The normalized spacial score (nSPS) is 14.8. The van der Waals surface area contributed by atoms with Crippen LogP contribution in [0.3, 0.4) is 0 Å². The highest BCUT2D eigenvalue weighted by Gasteiger charge is 2.52. The van der Waals surface area contributed by atoms with Gasteiger partial charge >= 0.3 is 11.9 Å². The van der Waals surface area contributed by atoms with Gasteiger partial charge in [-0.2, -0.15) is 0 Å². The second-order valence-electron chi connectivity index (χ2n) is 21.4. The highest BCUT2D eigenvalue weighted by Crippen LogP contribution is 2.43. The van der Waals surface area contributed by atoms with Crippen LogP contribution in [0.2, 0.25) is 23.2 Å². The van der Waals surface area contributed by atoms with Gasteiger partial charge in [0.1, 0.15) is 11.9 Å². The monoisotopic (exact) mass is 949 g/mol. The van der Waals surface area contributed by atoms with Crippen LogP contribution in [0.5, 0.6) is 5.75 Å². The Balaban J connectivity index is 2.21. The van der Waals surface area contributed by atoms with E-state index >= 15 is 0 Å². The quantitative estimate of drug-likeness (QED) is 0.0518. The van der Waals surface area contributed by atoms with Gasteiger partial charge in [0, 0.05) is 29.9 Å². The molecule has 0 spiro atoms. The lowest BCUT2D eigenvalue weighted by Crippen LogP contribution is -2.68. The van der Waals surface area contributed by atoms with Crippen LogP contribution in [0.1, 0.15) is 121 Å². The van der Waals surface area contributed by atoms with E-state index in [-0.39, 0.29) is 51.8 Å². The second kappa shape index (κ2) is 23.5. The van der Waals surface area contributed by atoms with E-state index in [2.05, 4.69) is 110 Å². The van der Waals surface area contributed by atoms with Crippen LogP contribution in [0.4, 0.5) is 0 Å². The lowest BCUT2D eigenvalue weighted by atomic mass is 9.75. The molecule has 12 heteroatoms. The molecule has 0 saturated heterocycles. The van der Waals surface area contributed by atoms with Crippen molar-refractivity contribution in [3.63, 3.8) is 0 Å². The Morgan fingerprint density at radius 2 is 1.20 bits per heavy atom. The van der Waals surface area contributed by atoms with Gasteiger partial charge in [0.15, 0.2) is 13.4 Å². The van der Waals surface area contributed by atoms with Crippen molar-refractivity contribution in [3.05, 3.63) is 103 Å². The molecule has 0 aliphatic rings. The largest absolute Gasteiger partial charge is 0.497 e. The Morgan fingerprint density at radius 1 is 0.662 bits per heavy atom. The molecule has 0 aliphatic heterocycles. The maximum Gasteiger partial charge on any atom is 0.308 e. The van der Waals surface area contributed by atoms with E-state index in [1.54, 1.807) is 7.11 Å². The van der Waals surface area contributed by atoms with Crippen LogP contribution in [0, 0.1) is 5.41 Å². The number of esters is 2. The molecule has 0 aliphatic carbocycles. The lowest BCUT2D eigenvalue weighted by Gasteiger charge is -2.46. The summed E-state index contributed by atoms with van der Waals surface area (Å²) in [6, 6.07) is 28.6. The van der Waals surface area contributed by atoms with E-state index in [0.29, 0.717) is 12.8 Å². The lowest BCUT2D eigenvalue weighted by molar-refractivity contribution is -0.154. The predicted molar refractivity (Wildman–Crippen MR) is 272 cm³/mol. The molecule has 0 saturated carbocycles. The van der Waals surface area contributed by atoms with Crippen molar-refractivity contribution in [2.24, 2.45) is 5.41 Å². The molecule has 0 heterocycles. The summed E-state index contributed by atoms with van der Waals surface area (Å²) >= 11 is 1.32. The van der Waals surface area contributed by atoms with Crippen molar-refractivity contribution in [1.82, 2.24) is 0 Å². The van der Waals surface area contributed by atoms with Gasteiger partial charge < -0.3 is 27.8 Å². The fraction of sp³-hybridized carbons (Fsp3) is 0.566. The fourth-order valence-electron chi connectivity index (χ4n) is 7.86. The summed E-state index contributed by atoms with van der Waals surface area (Å²) in [5.74, 6) is -0.0728. The van der Waals surface area contributed by atoms with E-state index < -0.39 is 52.4 Å². The van der Waals surface area contributed by atoms with Gasteiger partial charge in [0.05, 0.1) is 45.6 Å². The van der Waals surface area contributed by atoms with Crippen molar-refractivity contribution in [2.75, 3.05) is 14.2 Å². The molecule has 0 fully saturated rings. The minimum absolute atomic E-state index is 0.0259. The SMILES string of the molecule is C=C(C[C@H](CC(=O)OC)O[Si](C)(C)C(C)(C)C)C(C)(C)[C@H](C[C@@H](C[C@H](CC(=O)SC(C)(C)C)O[Si](c1ccccc1)(c1ccccc1)C(C)(C)C)OCc1ccc(OC)cc1)OC(C)=O. The smallest absolute Gasteiger partial charge is 0.308 e. The fourth-order valence-corrected chi connectivity index (χ4v) is 14.9. The van der Waals surface area contributed by atoms with Gasteiger partial charge in [-0.1, -0.05) is 173 Å². The summed E-state index contributed by atoms with van der Waals surface area (Å²) in [6.07, 6.45) is -1.20. The van der Waals surface area contributed by atoms with E-state index in [0.717, 1.165) is 27.3 Å². The molecule has 65 heavy (non-hydrogen) atoms. The Kier molecular flexibility index (Phi) is 20.1. The summed E-state index contributed by atoms with van der Waals surface area (Å²) in [6.45, 7) is 33.9. The maximum absolute atomic E-state index is 14.2. The molecule has 0 aromatic heterocycles. The molecule has 3 aromatic carbocycles. The third-order valence-corrected chi connectivity index (χ3v) is 23.2. The topological polar surface area (TPSA) is 107 Å². The first-order valence-corrected chi connectivity index (χ1v) is 28.5. The Labute approximate surface area is 398 Å². The number of rotatable bonds is 23. The summed E-state index contributed by atoms with van der Waals surface area (Å²) in [5, 5.41) is 1.77. The minimum Gasteiger partial charge on any atom is -0.497 e. The first-order chi connectivity index (χ1) is 30.0.